The van der Waals surface area contributed by atoms with Gasteiger partial charge in [0.1, 0.15) is 12.2 Å². The molecule has 0 aliphatic carbocycles. The number of alkyl halides is 3. The van der Waals surface area contributed by atoms with Crippen LogP contribution in [0.25, 0.3) is 11.3 Å². The van der Waals surface area contributed by atoms with Gasteiger partial charge < -0.3 is 9.47 Å². The largest absolute Gasteiger partial charge is 0.491 e. The number of carbonyl (C=O) groups excluding carboxylic acids is 1. The van der Waals surface area contributed by atoms with E-state index in [9.17, 15) is 18.0 Å². The predicted molar refractivity (Wildman–Crippen MR) is 117 cm³/mol. The van der Waals surface area contributed by atoms with Crippen LogP contribution in [0, 0.1) is 6.92 Å². The van der Waals surface area contributed by atoms with Crippen LogP contribution in [-0.2, 0) is 17.8 Å². The van der Waals surface area contributed by atoms with E-state index in [1.807, 2.05) is 6.92 Å². The maximum absolute atomic E-state index is 13.4. The maximum Gasteiger partial charge on any atom is 0.408 e. The monoisotopic (exact) mass is 479 g/mol. The molecule has 0 radical (unpaired) electrons. The number of anilines is 1. The normalized spacial score (nSPS) is 11.4. The minimum absolute atomic E-state index is 0.0615. The second kappa shape index (κ2) is 10.1. The number of pyridine rings is 2. The number of aryl methyl sites for hydroxylation is 2. The highest BCUT2D eigenvalue weighted by molar-refractivity contribution is 6.06. The standard InChI is InChI=1S/C22H24F3N5O4/c1-6-16-19(21(31)30(34-5)15-10-27-29(11-15)12-22(23,24)25)13(2)7-17(28-16)14-8-18(32-3)20(33-4)26-9-14/h7-11H,6,12H2,1-5H3. The van der Waals surface area contributed by atoms with Crippen molar-refractivity contribution in [2.24, 2.45) is 0 Å². The van der Waals surface area contributed by atoms with Gasteiger partial charge in [0.05, 0.1) is 50.7 Å². The summed E-state index contributed by atoms with van der Waals surface area (Å²) in [4.78, 5) is 27.4. The Kier molecular flexibility index (Phi) is 7.40. The zero-order valence-electron chi connectivity index (χ0n) is 19.3. The van der Waals surface area contributed by atoms with Crippen molar-refractivity contribution in [2.75, 3.05) is 26.4 Å². The molecule has 34 heavy (non-hydrogen) atoms. The molecule has 0 N–H and O–H groups in total. The number of hydroxylamine groups is 1. The molecule has 0 aliphatic rings. The number of nitrogens with zero attached hydrogens (tertiary/aromatic N) is 5. The average Bonchev–Trinajstić information content (AvgIpc) is 3.24. The molecule has 0 unspecified atom stereocenters. The lowest BCUT2D eigenvalue weighted by atomic mass is 10.0. The summed E-state index contributed by atoms with van der Waals surface area (Å²) in [5.41, 5.74) is 2.66. The molecule has 9 nitrogen and oxygen atoms in total. The van der Waals surface area contributed by atoms with Crippen molar-refractivity contribution in [3.8, 4) is 22.9 Å². The number of hydrogen-bond acceptors (Lipinski definition) is 7. The molecule has 0 bridgehead atoms. The lowest BCUT2D eigenvalue weighted by Crippen LogP contribution is -2.31. The van der Waals surface area contributed by atoms with Gasteiger partial charge in [0.2, 0.25) is 0 Å². The Morgan fingerprint density at radius 1 is 1.15 bits per heavy atom. The molecule has 0 fully saturated rings. The minimum atomic E-state index is -4.45. The van der Waals surface area contributed by atoms with Crippen LogP contribution in [0.1, 0.15) is 28.5 Å². The fourth-order valence-electron chi connectivity index (χ4n) is 3.44. The highest BCUT2D eigenvalue weighted by atomic mass is 19.4. The first-order valence-electron chi connectivity index (χ1n) is 10.2. The third-order valence-electron chi connectivity index (χ3n) is 4.93. The molecule has 0 spiro atoms. The number of ether oxygens (including phenoxy) is 2. The number of carbonyl (C=O) groups is 1. The van der Waals surface area contributed by atoms with E-state index in [0.29, 0.717) is 45.2 Å². The average molecular weight is 479 g/mol. The van der Waals surface area contributed by atoms with Gasteiger partial charge in [-0.05, 0) is 31.0 Å². The van der Waals surface area contributed by atoms with Gasteiger partial charge in [0.15, 0.2) is 5.75 Å². The smallest absolute Gasteiger partial charge is 0.408 e. The van der Waals surface area contributed by atoms with Crippen LogP contribution in [0.4, 0.5) is 18.9 Å². The number of halogens is 3. The van der Waals surface area contributed by atoms with E-state index in [-0.39, 0.29) is 11.3 Å². The SMILES string of the molecule is CCc1nc(-c2cnc(OC)c(OC)c2)cc(C)c1C(=O)N(OC)c1cnn(CC(F)(F)F)c1. The molecular formula is C22H24F3N5O4. The Balaban J connectivity index is 1.99. The zero-order chi connectivity index (χ0) is 25.0. The number of rotatable bonds is 8. The first-order valence-corrected chi connectivity index (χ1v) is 10.2. The molecule has 182 valence electrons. The van der Waals surface area contributed by atoms with Crippen molar-refractivity contribution >= 4 is 11.6 Å². The van der Waals surface area contributed by atoms with Crippen molar-refractivity contribution in [3.05, 3.63) is 47.5 Å². The van der Waals surface area contributed by atoms with Gasteiger partial charge in [0.25, 0.3) is 11.8 Å². The van der Waals surface area contributed by atoms with Gasteiger partial charge in [-0.2, -0.15) is 23.3 Å². The molecule has 3 heterocycles. The number of hydrogen-bond donors (Lipinski definition) is 0. The van der Waals surface area contributed by atoms with Crippen molar-refractivity contribution in [1.29, 1.82) is 0 Å². The van der Waals surface area contributed by atoms with Gasteiger partial charge >= 0.3 is 6.18 Å². The van der Waals surface area contributed by atoms with Gasteiger partial charge in [-0.1, -0.05) is 6.92 Å². The molecule has 0 saturated heterocycles. The Morgan fingerprint density at radius 2 is 1.88 bits per heavy atom. The van der Waals surface area contributed by atoms with Gasteiger partial charge in [-0.25, -0.2) is 4.98 Å². The summed E-state index contributed by atoms with van der Waals surface area (Å²) >= 11 is 0. The first kappa shape index (κ1) is 25.0. The van der Waals surface area contributed by atoms with Crippen LogP contribution < -0.4 is 14.5 Å². The maximum atomic E-state index is 13.4. The molecule has 3 aromatic heterocycles. The fourth-order valence-corrected chi connectivity index (χ4v) is 3.44. The van der Waals surface area contributed by atoms with E-state index in [1.165, 1.54) is 21.3 Å². The topological polar surface area (TPSA) is 91.6 Å². The van der Waals surface area contributed by atoms with Crippen LogP contribution in [-0.4, -0.2) is 53.2 Å². The van der Waals surface area contributed by atoms with E-state index in [4.69, 9.17) is 14.3 Å². The third kappa shape index (κ3) is 5.28. The van der Waals surface area contributed by atoms with E-state index in [2.05, 4.69) is 15.1 Å². The fraction of sp³-hybridized carbons (Fsp3) is 0.364. The summed E-state index contributed by atoms with van der Waals surface area (Å²) in [5, 5.41) is 4.56. The summed E-state index contributed by atoms with van der Waals surface area (Å²) < 4.78 is 49.2. The quantitative estimate of drug-likeness (QED) is 0.451. The van der Waals surface area contributed by atoms with Gasteiger partial charge in [-0.3, -0.25) is 19.3 Å². The van der Waals surface area contributed by atoms with Crippen LogP contribution in [0.2, 0.25) is 0 Å². The predicted octanol–water partition coefficient (Wildman–Crippen LogP) is 4.00. The second-order valence-electron chi connectivity index (χ2n) is 7.23. The molecule has 0 aliphatic heterocycles. The van der Waals surface area contributed by atoms with Crippen LogP contribution in [0.15, 0.2) is 30.7 Å². The van der Waals surface area contributed by atoms with Crippen molar-refractivity contribution in [2.45, 2.75) is 33.0 Å². The lowest BCUT2D eigenvalue weighted by molar-refractivity contribution is -0.142. The van der Waals surface area contributed by atoms with Gasteiger partial charge in [0, 0.05) is 11.8 Å². The van der Waals surface area contributed by atoms with E-state index in [1.54, 1.807) is 25.3 Å². The number of aromatic nitrogens is 4. The molecule has 1 amide bonds. The molecule has 0 saturated carbocycles. The Hall–Kier alpha value is -3.67. The Bertz CT molecular complexity index is 1180. The number of methoxy groups -OCH3 is 2. The summed E-state index contributed by atoms with van der Waals surface area (Å²) in [5.74, 6) is 0.180. The molecule has 0 atom stereocenters. The second-order valence-corrected chi connectivity index (χ2v) is 7.23. The molecule has 3 rings (SSSR count). The van der Waals surface area contributed by atoms with Crippen molar-refractivity contribution < 1.29 is 32.3 Å². The Labute approximate surface area is 194 Å². The summed E-state index contributed by atoms with van der Waals surface area (Å²) in [6.45, 7) is 2.30. The Morgan fingerprint density at radius 3 is 2.47 bits per heavy atom. The van der Waals surface area contributed by atoms with Crippen LogP contribution >= 0.6 is 0 Å². The molecule has 0 aromatic carbocycles. The van der Waals surface area contributed by atoms with Crippen LogP contribution in [0.5, 0.6) is 11.6 Å². The summed E-state index contributed by atoms with van der Waals surface area (Å²) in [7, 11) is 4.23. The number of amides is 1. The highest BCUT2D eigenvalue weighted by Crippen LogP contribution is 2.31. The van der Waals surface area contributed by atoms with Crippen LogP contribution in [0.3, 0.4) is 0 Å². The van der Waals surface area contributed by atoms with Gasteiger partial charge in [-0.15, -0.1) is 0 Å². The van der Waals surface area contributed by atoms with E-state index in [0.717, 1.165) is 17.5 Å². The summed E-state index contributed by atoms with van der Waals surface area (Å²) in [6.07, 6.45) is -0.226. The van der Waals surface area contributed by atoms with Crippen molar-refractivity contribution in [3.63, 3.8) is 0 Å². The van der Waals surface area contributed by atoms with E-state index >= 15 is 0 Å². The molecule has 3 aromatic rings. The first-order chi connectivity index (χ1) is 16.1. The highest BCUT2D eigenvalue weighted by Gasteiger charge is 2.30. The minimum Gasteiger partial charge on any atom is -0.491 e. The molecule has 12 heteroatoms. The summed E-state index contributed by atoms with van der Waals surface area (Å²) in [6, 6.07) is 3.45. The van der Waals surface area contributed by atoms with E-state index < -0.39 is 18.6 Å². The third-order valence-corrected chi connectivity index (χ3v) is 4.93. The lowest BCUT2D eigenvalue weighted by Gasteiger charge is -2.21. The molecular weight excluding hydrogens is 455 g/mol. The van der Waals surface area contributed by atoms with Crippen molar-refractivity contribution in [1.82, 2.24) is 19.7 Å². The zero-order valence-corrected chi connectivity index (χ0v) is 19.3.